The van der Waals surface area contributed by atoms with Gasteiger partial charge < -0.3 is 10.2 Å². The van der Waals surface area contributed by atoms with Gasteiger partial charge in [0.05, 0.1) is 0 Å². The van der Waals surface area contributed by atoms with Crippen molar-refractivity contribution < 1.29 is 13.2 Å². The maximum absolute atomic E-state index is 12.7. The number of nitrogens with one attached hydrogen (secondary N) is 2. The molecule has 8 heteroatoms. The molecule has 2 heterocycles. The van der Waals surface area contributed by atoms with E-state index in [1.165, 1.54) is 31.7 Å². The third kappa shape index (κ3) is 5.56. The van der Waals surface area contributed by atoms with Crippen LogP contribution in [-0.4, -0.2) is 45.4 Å². The number of thiophene rings is 1. The van der Waals surface area contributed by atoms with E-state index in [4.69, 9.17) is 0 Å². The van der Waals surface area contributed by atoms with Gasteiger partial charge in [0.25, 0.3) is 15.9 Å². The highest BCUT2D eigenvalue weighted by molar-refractivity contribution is 7.93. The van der Waals surface area contributed by atoms with Crippen LogP contribution in [0.3, 0.4) is 0 Å². The standard InChI is InChI=1S/C20H27N3O3S2/c1-16-6-8-17(9-7-16)22-28(25,26)18-10-15-27-19(18)20(24)21-11-14-23-12-4-2-3-5-13-23/h6-10,15,22H,2-5,11-14H2,1H3,(H,21,24). The second-order valence-corrected chi connectivity index (χ2v) is 9.66. The van der Waals surface area contributed by atoms with Gasteiger partial charge in [-0.05, 0) is 56.4 Å². The molecule has 3 rings (SSSR count). The van der Waals surface area contributed by atoms with Gasteiger partial charge in [0, 0.05) is 18.8 Å². The van der Waals surface area contributed by atoms with Crippen molar-refractivity contribution in [1.82, 2.24) is 10.2 Å². The lowest BCUT2D eigenvalue weighted by atomic mass is 10.2. The Bertz CT molecular complexity index is 884. The Morgan fingerprint density at radius 2 is 1.75 bits per heavy atom. The highest BCUT2D eigenvalue weighted by Gasteiger charge is 2.24. The van der Waals surface area contributed by atoms with Gasteiger partial charge >= 0.3 is 0 Å². The van der Waals surface area contributed by atoms with Crippen LogP contribution < -0.4 is 10.0 Å². The van der Waals surface area contributed by atoms with Gasteiger partial charge in [-0.15, -0.1) is 11.3 Å². The number of rotatable bonds is 7. The Kier molecular flexibility index (Phi) is 7.09. The molecule has 1 aromatic heterocycles. The minimum absolute atomic E-state index is 0.0188. The quantitative estimate of drug-likeness (QED) is 0.718. The summed E-state index contributed by atoms with van der Waals surface area (Å²) in [6.07, 6.45) is 4.94. The van der Waals surface area contributed by atoms with Crippen LogP contribution in [0.25, 0.3) is 0 Å². The Labute approximate surface area is 171 Å². The summed E-state index contributed by atoms with van der Waals surface area (Å²) in [6.45, 7) is 5.37. The summed E-state index contributed by atoms with van der Waals surface area (Å²) in [7, 11) is -3.82. The minimum Gasteiger partial charge on any atom is -0.350 e. The molecule has 1 aliphatic rings. The highest BCUT2D eigenvalue weighted by Crippen LogP contribution is 2.24. The van der Waals surface area contributed by atoms with Crippen molar-refractivity contribution in [3.05, 3.63) is 46.2 Å². The summed E-state index contributed by atoms with van der Waals surface area (Å²) in [6, 6.07) is 8.56. The molecule has 1 fully saturated rings. The van der Waals surface area contributed by atoms with E-state index in [2.05, 4.69) is 14.9 Å². The fourth-order valence-corrected chi connectivity index (χ4v) is 5.68. The smallest absolute Gasteiger partial charge is 0.263 e. The molecule has 1 aliphatic heterocycles. The number of hydrogen-bond acceptors (Lipinski definition) is 5. The summed E-state index contributed by atoms with van der Waals surface area (Å²) < 4.78 is 28.0. The van der Waals surface area contributed by atoms with Crippen LogP contribution in [-0.2, 0) is 10.0 Å². The van der Waals surface area contributed by atoms with E-state index in [0.29, 0.717) is 12.2 Å². The number of carbonyl (C=O) groups excluding carboxylic acids is 1. The monoisotopic (exact) mass is 421 g/mol. The van der Waals surface area contributed by atoms with Crippen LogP contribution in [0.1, 0.15) is 40.9 Å². The van der Waals surface area contributed by atoms with Crippen LogP contribution in [0, 0.1) is 6.92 Å². The first kappa shape index (κ1) is 20.8. The van der Waals surface area contributed by atoms with Gasteiger partial charge in [0.1, 0.15) is 9.77 Å². The second-order valence-electron chi connectivity index (χ2n) is 7.10. The largest absolute Gasteiger partial charge is 0.350 e. The molecule has 1 amide bonds. The third-order valence-corrected chi connectivity index (χ3v) is 7.31. The molecular formula is C20H27N3O3S2. The Hall–Kier alpha value is -1.90. The zero-order chi connectivity index (χ0) is 20.0. The number of anilines is 1. The fourth-order valence-electron chi connectivity index (χ4n) is 3.27. The lowest BCUT2D eigenvalue weighted by molar-refractivity contribution is 0.0949. The van der Waals surface area contributed by atoms with E-state index in [1.807, 2.05) is 19.1 Å². The van der Waals surface area contributed by atoms with Crippen LogP contribution in [0.2, 0.25) is 0 Å². The number of amides is 1. The average Bonchev–Trinajstić information content (AvgIpc) is 3.03. The van der Waals surface area contributed by atoms with Crippen molar-refractivity contribution in [2.75, 3.05) is 30.9 Å². The second kappa shape index (κ2) is 9.54. The molecule has 1 aromatic carbocycles. The normalized spacial score (nSPS) is 15.8. The number of nitrogens with zero attached hydrogens (tertiary/aromatic N) is 1. The minimum atomic E-state index is -3.82. The van der Waals surface area contributed by atoms with Crippen molar-refractivity contribution in [1.29, 1.82) is 0 Å². The van der Waals surface area contributed by atoms with Gasteiger partial charge in [-0.3, -0.25) is 9.52 Å². The van der Waals surface area contributed by atoms with Crippen molar-refractivity contribution >= 4 is 33.0 Å². The summed E-state index contributed by atoms with van der Waals surface area (Å²) in [5.74, 6) is -0.339. The number of likely N-dealkylation sites (tertiary alicyclic amines) is 1. The lowest BCUT2D eigenvalue weighted by Gasteiger charge is -2.19. The first-order valence-corrected chi connectivity index (χ1v) is 12.0. The number of benzene rings is 1. The Morgan fingerprint density at radius 3 is 2.43 bits per heavy atom. The molecule has 0 bridgehead atoms. The molecular weight excluding hydrogens is 394 g/mol. The van der Waals surface area contributed by atoms with E-state index >= 15 is 0 Å². The molecule has 0 radical (unpaired) electrons. The summed E-state index contributed by atoms with van der Waals surface area (Å²) in [5, 5.41) is 4.51. The topological polar surface area (TPSA) is 78.5 Å². The number of hydrogen-bond donors (Lipinski definition) is 2. The molecule has 0 unspecified atom stereocenters. The molecule has 0 atom stereocenters. The molecule has 152 valence electrons. The number of aryl methyl sites for hydroxylation is 1. The Balaban J connectivity index is 1.61. The summed E-state index contributed by atoms with van der Waals surface area (Å²) >= 11 is 1.14. The molecule has 28 heavy (non-hydrogen) atoms. The molecule has 2 aromatic rings. The fraction of sp³-hybridized carbons (Fsp3) is 0.450. The first-order valence-electron chi connectivity index (χ1n) is 9.63. The first-order chi connectivity index (χ1) is 13.5. The van der Waals surface area contributed by atoms with E-state index in [-0.39, 0.29) is 15.7 Å². The molecule has 0 aliphatic carbocycles. The summed E-state index contributed by atoms with van der Waals surface area (Å²) in [5.41, 5.74) is 1.52. The molecule has 6 nitrogen and oxygen atoms in total. The van der Waals surface area contributed by atoms with Crippen LogP contribution in [0.15, 0.2) is 40.6 Å². The maximum Gasteiger partial charge on any atom is 0.263 e. The highest BCUT2D eigenvalue weighted by atomic mass is 32.2. The van der Waals surface area contributed by atoms with Gasteiger partial charge in [-0.2, -0.15) is 0 Å². The number of carbonyl (C=O) groups is 1. The number of sulfonamides is 1. The van der Waals surface area contributed by atoms with Crippen LogP contribution >= 0.6 is 11.3 Å². The molecule has 1 saturated heterocycles. The summed E-state index contributed by atoms with van der Waals surface area (Å²) in [4.78, 5) is 15.2. The van der Waals surface area contributed by atoms with E-state index in [0.717, 1.165) is 36.5 Å². The van der Waals surface area contributed by atoms with E-state index < -0.39 is 10.0 Å². The molecule has 0 spiro atoms. The van der Waals surface area contributed by atoms with Crippen LogP contribution in [0.4, 0.5) is 5.69 Å². The van der Waals surface area contributed by atoms with Crippen molar-refractivity contribution in [2.45, 2.75) is 37.5 Å². The molecule has 0 saturated carbocycles. The van der Waals surface area contributed by atoms with E-state index in [1.54, 1.807) is 17.5 Å². The third-order valence-electron chi connectivity index (χ3n) is 4.84. The van der Waals surface area contributed by atoms with Crippen LogP contribution in [0.5, 0.6) is 0 Å². The van der Waals surface area contributed by atoms with Gasteiger partial charge in [-0.25, -0.2) is 8.42 Å². The predicted molar refractivity (Wildman–Crippen MR) is 114 cm³/mol. The average molecular weight is 422 g/mol. The maximum atomic E-state index is 12.7. The molecule has 2 N–H and O–H groups in total. The SMILES string of the molecule is Cc1ccc(NS(=O)(=O)c2ccsc2C(=O)NCCN2CCCCCC2)cc1. The Morgan fingerprint density at radius 1 is 1.07 bits per heavy atom. The lowest BCUT2D eigenvalue weighted by Crippen LogP contribution is -2.35. The zero-order valence-corrected chi connectivity index (χ0v) is 17.7. The predicted octanol–water partition coefficient (Wildman–Crippen LogP) is 3.46. The zero-order valence-electron chi connectivity index (χ0n) is 16.1. The van der Waals surface area contributed by atoms with Gasteiger partial charge in [0.2, 0.25) is 0 Å². The van der Waals surface area contributed by atoms with Gasteiger partial charge in [0.15, 0.2) is 0 Å². The van der Waals surface area contributed by atoms with Gasteiger partial charge in [-0.1, -0.05) is 30.5 Å². The van der Waals surface area contributed by atoms with Crippen molar-refractivity contribution in [2.24, 2.45) is 0 Å². The van der Waals surface area contributed by atoms with Crippen molar-refractivity contribution in [3.8, 4) is 0 Å². The van der Waals surface area contributed by atoms with Crippen molar-refractivity contribution in [3.63, 3.8) is 0 Å². The van der Waals surface area contributed by atoms with E-state index in [9.17, 15) is 13.2 Å².